The number of aliphatic hydroxyl groups excluding tert-OH is 1. The number of benzene rings is 2. The number of para-hydroxylation sites is 1. The smallest absolute Gasteiger partial charge is 0.161 e. The van der Waals surface area contributed by atoms with Gasteiger partial charge in [0.1, 0.15) is 18.5 Å². The molecule has 5 heteroatoms. The molecular formula is C20H25NO4. The minimum absolute atomic E-state index is 0.291. The van der Waals surface area contributed by atoms with Gasteiger partial charge in [0, 0.05) is 19.6 Å². The second kappa shape index (κ2) is 8.23. The molecule has 1 atom stereocenters. The highest BCUT2D eigenvalue weighted by atomic mass is 16.5. The van der Waals surface area contributed by atoms with Crippen LogP contribution in [0.25, 0.3) is 0 Å². The van der Waals surface area contributed by atoms with Crippen molar-refractivity contribution in [3.05, 3.63) is 53.6 Å². The van der Waals surface area contributed by atoms with Crippen LogP contribution < -0.4 is 14.2 Å². The number of hydrogen-bond acceptors (Lipinski definition) is 5. The lowest BCUT2D eigenvalue weighted by molar-refractivity contribution is 0.0637. The highest BCUT2D eigenvalue weighted by Gasteiger charge is 2.21. The Kier molecular flexibility index (Phi) is 5.79. The predicted molar refractivity (Wildman–Crippen MR) is 96.5 cm³/mol. The van der Waals surface area contributed by atoms with Crippen LogP contribution in [-0.2, 0) is 13.0 Å². The van der Waals surface area contributed by atoms with Gasteiger partial charge in [0.25, 0.3) is 0 Å². The third-order valence-corrected chi connectivity index (χ3v) is 4.45. The third kappa shape index (κ3) is 4.44. The fraction of sp³-hybridized carbons (Fsp3) is 0.400. The summed E-state index contributed by atoms with van der Waals surface area (Å²) in [6.45, 7) is 2.57. The Morgan fingerprint density at radius 1 is 1.04 bits per heavy atom. The van der Waals surface area contributed by atoms with E-state index in [4.69, 9.17) is 14.2 Å². The molecule has 0 fully saturated rings. The van der Waals surface area contributed by atoms with E-state index in [1.807, 2.05) is 36.4 Å². The van der Waals surface area contributed by atoms with Gasteiger partial charge in [-0.3, -0.25) is 4.90 Å². The van der Waals surface area contributed by atoms with Crippen LogP contribution in [0.4, 0.5) is 0 Å². The SMILES string of the molecule is COc1cc2c(cc1OC)CN(CC(O)COc1ccccc1)CC2. The Hall–Kier alpha value is -2.24. The quantitative estimate of drug-likeness (QED) is 0.837. The van der Waals surface area contributed by atoms with Crippen LogP contribution in [0.5, 0.6) is 17.2 Å². The van der Waals surface area contributed by atoms with Crippen molar-refractivity contribution in [1.82, 2.24) is 4.90 Å². The molecule has 134 valence electrons. The topological polar surface area (TPSA) is 51.2 Å². The average Bonchev–Trinajstić information content (AvgIpc) is 2.66. The van der Waals surface area contributed by atoms with E-state index in [1.165, 1.54) is 11.1 Å². The number of fused-ring (bicyclic) bond motifs is 1. The van der Waals surface area contributed by atoms with Gasteiger partial charge in [-0.1, -0.05) is 18.2 Å². The standard InChI is InChI=1S/C20H25NO4/c1-23-19-10-15-8-9-21(12-16(15)11-20(19)24-2)13-17(22)14-25-18-6-4-3-5-7-18/h3-7,10-11,17,22H,8-9,12-14H2,1-2H3. The Morgan fingerprint density at radius 2 is 1.72 bits per heavy atom. The lowest BCUT2D eigenvalue weighted by atomic mass is 9.98. The van der Waals surface area contributed by atoms with E-state index in [0.717, 1.165) is 36.8 Å². The molecule has 1 heterocycles. The average molecular weight is 343 g/mol. The summed E-state index contributed by atoms with van der Waals surface area (Å²) in [7, 11) is 3.30. The minimum Gasteiger partial charge on any atom is -0.493 e. The summed E-state index contributed by atoms with van der Waals surface area (Å²) < 4.78 is 16.4. The molecule has 0 spiro atoms. The van der Waals surface area contributed by atoms with E-state index in [2.05, 4.69) is 11.0 Å². The van der Waals surface area contributed by atoms with Crippen LogP contribution in [0.15, 0.2) is 42.5 Å². The van der Waals surface area contributed by atoms with Gasteiger partial charge in [0.15, 0.2) is 11.5 Å². The van der Waals surface area contributed by atoms with Crippen molar-refractivity contribution < 1.29 is 19.3 Å². The molecule has 2 aromatic carbocycles. The second-order valence-corrected chi connectivity index (χ2v) is 6.24. The first-order chi connectivity index (χ1) is 12.2. The zero-order valence-electron chi connectivity index (χ0n) is 14.8. The van der Waals surface area contributed by atoms with Gasteiger partial charge < -0.3 is 19.3 Å². The van der Waals surface area contributed by atoms with Crippen molar-refractivity contribution in [2.75, 3.05) is 33.9 Å². The maximum atomic E-state index is 10.3. The zero-order valence-corrected chi connectivity index (χ0v) is 14.8. The molecule has 0 radical (unpaired) electrons. The van der Waals surface area contributed by atoms with Crippen molar-refractivity contribution in [2.45, 2.75) is 19.1 Å². The normalized spacial score (nSPS) is 15.3. The minimum atomic E-state index is -0.526. The van der Waals surface area contributed by atoms with E-state index >= 15 is 0 Å². The first kappa shape index (κ1) is 17.6. The van der Waals surface area contributed by atoms with Crippen molar-refractivity contribution in [1.29, 1.82) is 0 Å². The van der Waals surface area contributed by atoms with Crippen molar-refractivity contribution >= 4 is 0 Å². The molecule has 0 bridgehead atoms. The fourth-order valence-corrected chi connectivity index (χ4v) is 3.16. The lowest BCUT2D eigenvalue weighted by Crippen LogP contribution is -2.38. The molecule has 1 aliphatic rings. The monoisotopic (exact) mass is 343 g/mol. The van der Waals surface area contributed by atoms with Gasteiger partial charge in [-0.15, -0.1) is 0 Å². The van der Waals surface area contributed by atoms with Crippen LogP contribution in [0.3, 0.4) is 0 Å². The molecule has 0 amide bonds. The molecule has 0 saturated heterocycles. The molecule has 0 aromatic heterocycles. The number of ether oxygens (including phenoxy) is 3. The third-order valence-electron chi connectivity index (χ3n) is 4.45. The first-order valence-electron chi connectivity index (χ1n) is 8.51. The highest BCUT2D eigenvalue weighted by Crippen LogP contribution is 2.33. The molecular weight excluding hydrogens is 318 g/mol. The molecule has 5 nitrogen and oxygen atoms in total. The number of nitrogens with zero attached hydrogens (tertiary/aromatic N) is 1. The number of rotatable bonds is 7. The van der Waals surface area contributed by atoms with E-state index in [-0.39, 0.29) is 0 Å². The van der Waals surface area contributed by atoms with Gasteiger partial charge in [0.2, 0.25) is 0 Å². The summed E-state index contributed by atoms with van der Waals surface area (Å²) in [5.74, 6) is 2.30. The predicted octanol–water partition coefficient (Wildman–Crippen LogP) is 2.50. The summed E-state index contributed by atoms with van der Waals surface area (Å²) in [4.78, 5) is 2.24. The van der Waals surface area contributed by atoms with Gasteiger partial charge >= 0.3 is 0 Å². The first-order valence-corrected chi connectivity index (χ1v) is 8.51. The maximum Gasteiger partial charge on any atom is 0.161 e. The molecule has 1 unspecified atom stereocenters. The van der Waals surface area contributed by atoms with Crippen LogP contribution in [0, 0.1) is 0 Å². The summed E-state index contributed by atoms with van der Waals surface area (Å²) in [6, 6.07) is 13.7. The summed E-state index contributed by atoms with van der Waals surface area (Å²) >= 11 is 0. The lowest BCUT2D eigenvalue weighted by Gasteiger charge is -2.31. The van der Waals surface area contributed by atoms with E-state index in [9.17, 15) is 5.11 Å². The molecule has 25 heavy (non-hydrogen) atoms. The summed E-state index contributed by atoms with van der Waals surface area (Å²) in [6.07, 6.45) is 0.406. The summed E-state index contributed by atoms with van der Waals surface area (Å²) in [5.41, 5.74) is 2.50. The van der Waals surface area contributed by atoms with Crippen LogP contribution in [0.1, 0.15) is 11.1 Å². The molecule has 0 aliphatic carbocycles. The van der Waals surface area contributed by atoms with Crippen molar-refractivity contribution in [3.63, 3.8) is 0 Å². The van der Waals surface area contributed by atoms with Gasteiger partial charge in [-0.05, 0) is 41.8 Å². The highest BCUT2D eigenvalue weighted by molar-refractivity contribution is 5.48. The Morgan fingerprint density at radius 3 is 2.40 bits per heavy atom. The maximum absolute atomic E-state index is 10.3. The van der Waals surface area contributed by atoms with Crippen LogP contribution in [0.2, 0.25) is 0 Å². The molecule has 1 aliphatic heterocycles. The largest absolute Gasteiger partial charge is 0.493 e. The Bertz CT molecular complexity index is 690. The fourth-order valence-electron chi connectivity index (χ4n) is 3.16. The van der Waals surface area contributed by atoms with E-state index < -0.39 is 6.10 Å². The molecule has 3 rings (SSSR count). The number of β-amino-alcohol motifs (C(OH)–C–C–N with tert-alkyl or cyclic N) is 1. The number of methoxy groups -OCH3 is 2. The van der Waals surface area contributed by atoms with E-state index in [1.54, 1.807) is 14.2 Å². The Labute approximate surface area is 148 Å². The molecule has 1 N–H and O–H groups in total. The van der Waals surface area contributed by atoms with E-state index in [0.29, 0.717) is 13.2 Å². The summed E-state index contributed by atoms with van der Waals surface area (Å²) in [5, 5.41) is 10.3. The Balaban J connectivity index is 1.57. The second-order valence-electron chi connectivity index (χ2n) is 6.24. The van der Waals surface area contributed by atoms with Gasteiger partial charge in [0.05, 0.1) is 14.2 Å². The van der Waals surface area contributed by atoms with Gasteiger partial charge in [-0.2, -0.15) is 0 Å². The molecule has 0 saturated carbocycles. The van der Waals surface area contributed by atoms with Crippen LogP contribution >= 0.6 is 0 Å². The number of aliphatic hydroxyl groups is 1. The zero-order chi connectivity index (χ0) is 17.6. The number of hydrogen-bond donors (Lipinski definition) is 1. The van der Waals surface area contributed by atoms with Crippen LogP contribution in [-0.4, -0.2) is 50.0 Å². The van der Waals surface area contributed by atoms with Gasteiger partial charge in [-0.25, -0.2) is 0 Å². The van der Waals surface area contributed by atoms with Crippen molar-refractivity contribution in [3.8, 4) is 17.2 Å². The van der Waals surface area contributed by atoms with Crippen molar-refractivity contribution in [2.24, 2.45) is 0 Å². The molecule has 2 aromatic rings.